The molecule has 1 nitrogen and oxygen atoms in total. The van der Waals surface area contributed by atoms with E-state index in [1.54, 1.807) is 0 Å². The molecule has 4 rings (SSSR count). The molecule has 0 aliphatic heterocycles. The molecule has 170 valence electrons. The fourth-order valence-electron chi connectivity index (χ4n) is 4.78. The summed E-state index contributed by atoms with van der Waals surface area (Å²) in [6.07, 6.45) is 2.14. The predicted molar refractivity (Wildman–Crippen MR) is 144 cm³/mol. The Kier molecular flexibility index (Phi) is 6.43. The Morgan fingerprint density at radius 1 is 0.727 bits per heavy atom. The van der Waals surface area contributed by atoms with E-state index < -0.39 is 0 Å². The monoisotopic (exact) mass is 435 g/mol. The van der Waals surface area contributed by atoms with Gasteiger partial charge in [0.15, 0.2) is 0 Å². The van der Waals surface area contributed by atoms with Crippen molar-refractivity contribution in [3.05, 3.63) is 89.0 Å². The van der Waals surface area contributed by atoms with Gasteiger partial charge in [0.25, 0.3) is 0 Å². The summed E-state index contributed by atoms with van der Waals surface area (Å²) in [6.45, 7) is 15.8. The van der Waals surface area contributed by atoms with E-state index in [0.717, 1.165) is 24.1 Å². The molecule has 3 aromatic carbocycles. The number of hydrogen-bond donors (Lipinski definition) is 0. The Morgan fingerprint density at radius 3 is 1.97 bits per heavy atom. The van der Waals surface area contributed by atoms with Crippen molar-refractivity contribution in [2.24, 2.45) is 11.3 Å². The number of hydrogen-bond acceptors (Lipinski definition) is 1. The molecule has 4 aromatic rings. The lowest BCUT2D eigenvalue weighted by Crippen LogP contribution is -2.08. The maximum atomic E-state index is 5.08. The van der Waals surface area contributed by atoms with Crippen LogP contribution in [0.1, 0.15) is 56.9 Å². The molecule has 1 aromatic heterocycles. The number of benzene rings is 3. The minimum Gasteiger partial charge on any atom is -0.248 e. The first-order valence-corrected chi connectivity index (χ1v) is 12.2. The molecular formula is C32H37N. The second kappa shape index (κ2) is 9.14. The van der Waals surface area contributed by atoms with Gasteiger partial charge < -0.3 is 0 Å². The first kappa shape index (κ1) is 23.2. The Labute approximate surface area is 199 Å². The molecule has 0 bridgehead atoms. The standard InChI is InChI=1S/C32H37N/c1-21(2)14-27-19-31(28-16-22(3)15-23(4)17-28)33-30-13-12-26(18-29(27)30)25-10-8-24(9-11-25)20-32(5,6)7/h8-13,15-19,21H,14,20H2,1-7H3. The van der Waals surface area contributed by atoms with Crippen LogP contribution in [0.25, 0.3) is 33.3 Å². The summed E-state index contributed by atoms with van der Waals surface area (Å²) in [6, 6.07) is 24.9. The normalized spacial score (nSPS) is 12.0. The first-order valence-electron chi connectivity index (χ1n) is 12.2. The second-order valence-electron chi connectivity index (χ2n) is 11.3. The summed E-state index contributed by atoms with van der Waals surface area (Å²) in [5, 5.41) is 1.27. The Morgan fingerprint density at radius 2 is 1.36 bits per heavy atom. The van der Waals surface area contributed by atoms with Crippen LogP contribution in [0.3, 0.4) is 0 Å². The fraction of sp³-hybridized carbons (Fsp3) is 0.344. The summed E-state index contributed by atoms with van der Waals surface area (Å²) < 4.78 is 0. The number of aryl methyl sites for hydroxylation is 2. The Hall–Kier alpha value is -2.93. The van der Waals surface area contributed by atoms with Crippen molar-refractivity contribution in [3.63, 3.8) is 0 Å². The van der Waals surface area contributed by atoms with E-state index >= 15 is 0 Å². The molecule has 0 amide bonds. The van der Waals surface area contributed by atoms with Gasteiger partial charge in [-0.3, -0.25) is 0 Å². The second-order valence-corrected chi connectivity index (χ2v) is 11.3. The van der Waals surface area contributed by atoms with Crippen molar-refractivity contribution in [3.8, 4) is 22.4 Å². The highest BCUT2D eigenvalue weighted by molar-refractivity contribution is 5.89. The molecule has 0 unspecified atom stereocenters. The molecule has 1 heterocycles. The van der Waals surface area contributed by atoms with E-state index in [9.17, 15) is 0 Å². The molecule has 0 aliphatic carbocycles. The average Bonchev–Trinajstić information content (AvgIpc) is 2.72. The van der Waals surface area contributed by atoms with Crippen molar-refractivity contribution in [2.45, 2.75) is 61.3 Å². The Bertz CT molecular complexity index is 1250. The molecule has 0 saturated heterocycles. The minimum absolute atomic E-state index is 0.301. The van der Waals surface area contributed by atoms with Crippen LogP contribution in [0.4, 0.5) is 0 Å². The number of rotatable bonds is 5. The van der Waals surface area contributed by atoms with Crippen molar-refractivity contribution in [2.75, 3.05) is 0 Å². The van der Waals surface area contributed by atoms with Crippen LogP contribution < -0.4 is 0 Å². The van der Waals surface area contributed by atoms with E-state index in [-0.39, 0.29) is 0 Å². The summed E-state index contributed by atoms with van der Waals surface area (Å²) >= 11 is 0. The van der Waals surface area contributed by atoms with Crippen LogP contribution in [0.15, 0.2) is 66.7 Å². The van der Waals surface area contributed by atoms with Gasteiger partial charge in [-0.1, -0.05) is 82.1 Å². The van der Waals surface area contributed by atoms with Crippen LogP contribution in [-0.2, 0) is 12.8 Å². The molecule has 0 saturated carbocycles. The van der Waals surface area contributed by atoms with Crippen LogP contribution in [0, 0.1) is 25.2 Å². The van der Waals surface area contributed by atoms with Gasteiger partial charge in [0.2, 0.25) is 0 Å². The van der Waals surface area contributed by atoms with E-state index in [1.165, 1.54) is 44.3 Å². The summed E-state index contributed by atoms with van der Waals surface area (Å²) in [7, 11) is 0. The summed E-state index contributed by atoms with van der Waals surface area (Å²) in [5.74, 6) is 0.586. The van der Waals surface area contributed by atoms with E-state index in [1.807, 2.05) is 0 Å². The lowest BCUT2D eigenvalue weighted by Gasteiger charge is -2.18. The molecule has 0 spiro atoms. The maximum Gasteiger partial charge on any atom is 0.0712 e. The van der Waals surface area contributed by atoms with Gasteiger partial charge in [-0.05, 0) is 90.6 Å². The maximum absolute atomic E-state index is 5.08. The largest absolute Gasteiger partial charge is 0.248 e. The van der Waals surface area contributed by atoms with Gasteiger partial charge in [-0.25, -0.2) is 4.98 Å². The molecule has 0 aliphatic rings. The van der Waals surface area contributed by atoms with Gasteiger partial charge >= 0.3 is 0 Å². The third-order valence-electron chi connectivity index (χ3n) is 6.06. The molecule has 0 fully saturated rings. The molecule has 0 N–H and O–H groups in total. The molecule has 1 heteroatoms. The third-order valence-corrected chi connectivity index (χ3v) is 6.06. The van der Waals surface area contributed by atoms with Crippen LogP contribution in [-0.4, -0.2) is 4.98 Å². The zero-order valence-electron chi connectivity index (χ0n) is 21.3. The molecule has 33 heavy (non-hydrogen) atoms. The van der Waals surface area contributed by atoms with Crippen molar-refractivity contribution < 1.29 is 0 Å². The van der Waals surface area contributed by atoms with E-state index in [0.29, 0.717) is 11.3 Å². The zero-order chi connectivity index (χ0) is 23.8. The highest BCUT2D eigenvalue weighted by Crippen LogP contribution is 2.32. The zero-order valence-corrected chi connectivity index (χ0v) is 21.3. The highest BCUT2D eigenvalue weighted by atomic mass is 14.7. The van der Waals surface area contributed by atoms with Gasteiger partial charge in [-0.2, -0.15) is 0 Å². The van der Waals surface area contributed by atoms with Crippen molar-refractivity contribution in [1.82, 2.24) is 4.98 Å². The number of fused-ring (bicyclic) bond motifs is 1. The van der Waals surface area contributed by atoms with E-state index in [4.69, 9.17) is 4.98 Å². The lowest BCUT2D eigenvalue weighted by atomic mass is 9.87. The quantitative estimate of drug-likeness (QED) is 0.305. The average molecular weight is 436 g/mol. The summed E-state index contributed by atoms with van der Waals surface area (Å²) in [4.78, 5) is 5.08. The first-order chi connectivity index (χ1) is 15.6. The van der Waals surface area contributed by atoms with Gasteiger partial charge in [0, 0.05) is 10.9 Å². The SMILES string of the molecule is Cc1cc(C)cc(-c2cc(CC(C)C)c3cc(-c4ccc(CC(C)(C)C)cc4)ccc3n2)c1. The van der Waals surface area contributed by atoms with Gasteiger partial charge in [0.1, 0.15) is 0 Å². The summed E-state index contributed by atoms with van der Waals surface area (Å²) in [5.41, 5.74) is 11.5. The third kappa shape index (κ3) is 5.71. The molecule has 0 radical (unpaired) electrons. The number of pyridine rings is 1. The van der Waals surface area contributed by atoms with Gasteiger partial charge in [0.05, 0.1) is 11.2 Å². The lowest BCUT2D eigenvalue weighted by molar-refractivity contribution is 0.411. The smallest absolute Gasteiger partial charge is 0.0712 e. The number of nitrogens with zero attached hydrogens (tertiary/aromatic N) is 1. The van der Waals surface area contributed by atoms with Crippen molar-refractivity contribution in [1.29, 1.82) is 0 Å². The highest BCUT2D eigenvalue weighted by Gasteiger charge is 2.13. The van der Waals surface area contributed by atoms with Crippen LogP contribution >= 0.6 is 0 Å². The topological polar surface area (TPSA) is 12.9 Å². The predicted octanol–water partition coefficient (Wildman–Crippen LogP) is 8.97. The van der Waals surface area contributed by atoms with E-state index in [2.05, 4.69) is 115 Å². The van der Waals surface area contributed by atoms with Crippen LogP contribution in [0.5, 0.6) is 0 Å². The minimum atomic E-state index is 0.301. The van der Waals surface area contributed by atoms with Gasteiger partial charge in [-0.15, -0.1) is 0 Å². The molecular weight excluding hydrogens is 398 g/mol. The van der Waals surface area contributed by atoms with Crippen molar-refractivity contribution >= 4 is 10.9 Å². The van der Waals surface area contributed by atoms with Crippen LogP contribution in [0.2, 0.25) is 0 Å². The number of aromatic nitrogens is 1. The fourth-order valence-corrected chi connectivity index (χ4v) is 4.78. The Balaban J connectivity index is 1.78. The molecule has 0 atom stereocenters.